The quantitative estimate of drug-likeness (QED) is 0.616. The summed E-state index contributed by atoms with van der Waals surface area (Å²) in [5.41, 5.74) is 0. The largest absolute Gasteiger partial charge is 0.388 e. The predicted octanol–water partition coefficient (Wildman–Crippen LogP) is 1.17. The third-order valence-corrected chi connectivity index (χ3v) is 4.60. The van der Waals surface area contributed by atoms with E-state index in [0.29, 0.717) is 10.9 Å². The minimum absolute atomic E-state index is 0.0126. The van der Waals surface area contributed by atoms with Gasteiger partial charge in [0.15, 0.2) is 0 Å². The lowest BCUT2D eigenvalue weighted by Crippen LogP contribution is -2.21. The first-order chi connectivity index (χ1) is 4.83. The van der Waals surface area contributed by atoms with Crippen LogP contribution < -0.4 is 0 Å². The van der Waals surface area contributed by atoms with Gasteiger partial charge in [-0.3, -0.25) is 0 Å². The topological polar surface area (TPSA) is 20.2 Å². The second-order valence-electron chi connectivity index (χ2n) is 2.96. The average Bonchev–Trinajstić information content (AvgIpc) is 2.40. The van der Waals surface area contributed by atoms with Crippen LogP contribution in [0.4, 0.5) is 0 Å². The van der Waals surface area contributed by atoms with Gasteiger partial charge in [0, 0.05) is 0 Å². The fourth-order valence-corrected chi connectivity index (χ4v) is 3.81. The molecule has 1 nitrogen and oxygen atoms in total. The van der Waals surface area contributed by atoms with Gasteiger partial charge in [-0.15, -0.1) is 0 Å². The first-order valence-corrected chi connectivity index (χ1v) is 5.88. The van der Waals surface area contributed by atoms with Crippen LogP contribution in [0.2, 0.25) is 0 Å². The molecule has 0 spiro atoms. The van der Waals surface area contributed by atoms with E-state index in [2.05, 4.69) is 6.92 Å². The maximum Gasteiger partial charge on any atom is 0.133 e. The summed E-state index contributed by atoms with van der Waals surface area (Å²) in [4.78, 5) is 0. The van der Waals surface area contributed by atoms with Crippen molar-refractivity contribution in [2.45, 2.75) is 32.3 Å². The fourth-order valence-electron chi connectivity index (χ4n) is 1.27. The lowest BCUT2D eigenvalue weighted by Gasteiger charge is -2.05. The molecule has 1 N–H and O–H groups in total. The molecule has 1 aliphatic rings. The van der Waals surface area contributed by atoms with Crippen molar-refractivity contribution in [2.75, 3.05) is 17.3 Å². The summed E-state index contributed by atoms with van der Waals surface area (Å²) in [5.74, 6) is 3.85. The predicted molar refractivity (Wildman–Crippen MR) is 47.5 cm³/mol. The summed E-state index contributed by atoms with van der Waals surface area (Å²) in [6.45, 7) is 2.06. The Hall–Kier alpha value is 0.310. The maximum atomic E-state index is 9.33. The first-order valence-electron chi connectivity index (χ1n) is 4.15. The van der Waals surface area contributed by atoms with Crippen LogP contribution in [0, 0.1) is 0 Å². The van der Waals surface area contributed by atoms with Crippen LogP contribution in [0.15, 0.2) is 0 Å². The summed E-state index contributed by atoms with van der Waals surface area (Å²) in [6, 6.07) is 0. The van der Waals surface area contributed by atoms with Crippen LogP contribution in [0.5, 0.6) is 0 Å². The minimum Gasteiger partial charge on any atom is -0.388 e. The molecule has 0 aliphatic carbocycles. The number of hydrogen-bond donors (Lipinski definition) is 1. The highest BCUT2D eigenvalue weighted by Gasteiger charge is 2.25. The Morgan fingerprint density at radius 3 is 2.50 bits per heavy atom. The summed E-state index contributed by atoms with van der Waals surface area (Å²) in [6.07, 6.45) is 3.73. The molecule has 0 saturated carbocycles. The number of hydrogen-bond acceptors (Lipinski definition) is 1. The van der Waals surface area contributed by atoms with Gasteiger partial charge in [-0.1, -0.05) is 6.92 Å². The van der Waals surface area contributed by atoms with Crippen LogP contribution in [-0.2, 0) is 10.9 Å². The van der Waals surface area contributed by atoms with Gasteiger partial charge in [-0.25, -0.2) is 0 Å². The standard InChI is InChI=1S/C8H17OS/c1-2-8(9)7-10-5-3-4-6-10/h8-9H,2-7H2,1H3/q+1. The molecule has 1 aliphatic heterocycles. The van der Waals surface area contributed by atoms with E-state index in [-0.39, 0.29) is 6.10 Å². The van der Waals surface area contributed by atoms with Gasteiger partial charge >= 0.3 is 0 Å². The normalized spacial score (nSPS) is 23.4. The lowest BCUT2D eigenvalue weighted by molar-refractivity contribution is 0.195. The van der Waals surface area contributed by atoms with Crippen molar-refractivity contribution in [3.63, 3.8) is 0 Å². The molecule has 0 aromatic carbocycles. The molecule has 1 atom stereocenters. The van der Waals surface area contributed by atoms with Crippen molar-refractivity contribution in [2.24, 2.45) is 0 Å². The summed E-state index contributed by atoms with van der Waals surface area (Å²) < 4.78 is 0. The molecule has 60 valence electrons. The van der Waals surface area contributed by atoms with Gasteiger partial charge in [-0.05, 0) is 30.2 Å². The highest BCUT2D eigenvalue weighted by molar-refractivity contribution is 7.97. The second kappa shape index (κ2) is 4.24. The Bertz CT molecular complexity index is 89.3. The van der Waals surface area contributed by atoms with Crippen LogP contribution in [0.1, 0.15) is 26.2 Å². The van der Waals surface area contributed by atoms with E-state index >= 15 is 0 Å². The summed E-state index contributed by atoms with van der Waals surface area (Å²) in [5, 5.41) is 9.33. The Kier molecular flexibility index (Phi) is 3.57. The third-order valence-electron chi connectivity index (χ3n) is 2.02. The van der Waals surface area contributed by atoms with Gasteiger partial charge in [0.25, 0.3) is 0 Å². The molecule has 1 heterocycles. The van der Waals surface area contributed by atoms with Crippen molar-refractivity contribution in [1.82, 2.24) is 0 Å². The molecule has 1 rings (SSSR count). The monoisotopic (exact) mass is 161 g/mol. The zero-order chi connectivity index (χ0) is 7.40. The SMILES string of the molecule is CCC(O)C[S+]1CCCC1. The number of rotatable bonds is 3. The molecule has 10 heavy (non-hydrogen) atoms. The van der Waals surface area contributed by atoms with Crippen molar-refractivity contribution in [1.29, 1.82) is 0 Å². The van der Waals surface area contributed by atoms with Crippen LogP contribution in [0.3, 0.4) is 0 Å². The molecule has 0 radical (unpaired) electrons. The highest BCUT2D eigenvalue weighted by atomic mass is 32.2. The smallest absolute Gasteiger partial charge is 0.133 e. The van der Waals surface area contributed by atoms with Gasteiger partial charge in [0.1, 0.15) is 17.3 Å². The van der Waals surface area contributed by atoms with Crippen molar-refractivity contribution in [3.8, 4) is 0 Å². The molecule has 1 saturated heterocycles. The van der Waals surface area contributed by atoms with Crippen molar-refractivity contribution in [3.05, 3.63) is 0 Å². The van der Waals surface area contributed by atoms with E-state index in [4.69, 9.17) is 0 Å². The van der Waals surface area contributed by atoms with Crippen LogP contribution in [-0.4, -0.2) is 28.5 Å². The minimum atomic E-state index is -0.0126. The van der Waals surface area contributed by atoms with E-state index in [0.717, 1.165) is 12.2 Å². The van der Waals surface area contributed by atoms with E-state index < -0.39 is 0 Å². The summed E-state index contributed by atoms with van der Waals surface area (Å²) >= 11 is 0. The third kappa shape index (κ3) is 2.51. The molecule has 1 fully saturated rings. The number of aliphatic hydroxyl groups excluding tert-OH is 1. The van der Waals surface area contributed by atoms with Gasteiger partial charge < -0.3 is 5.11 Å². The fraction of sp³-hybridized carbons (Fsp3) is 1.00. The van der Waals surface area contributed by atoms with E-state index in [1.807, 2.05) is 0 Å². The Labute approximate surface area is 66.2 Å². The molecule has 0 aromatic rings. The van der Waals surface area contributed by atoms with E-state index in [1.165, 1.54) is 24.3 Å². The number of aliphatic hydroxyl groups is 1. The Morgan fingerprint density at radius 1 is 1.40 bits per heavy atom. The molecule has 0 amide bonds. The van der Waals surface area contributed by atoms with Crippen molar-refractivity contribution >= 4 is 10.9 Å². The molecule has 0 aromatic heterocycles. The first kappa shape index (κ1) is 8.41. The van der Waals surface area contributed by atoms with E-state index in [9.17, 15) is 5.11 Å². The zero-order valence-electron chi connectivity index (χ0n) is 6.68. The average molecular weight is 161 g/mol. The van der Waals surface area contributed by atoms with Crippen molar-refractivity contribution < 1.29 is 5.11 Å². The lowest BCUT2D eigenvalue weighted by atomic mass is 10.3. The Balaban J connectivity index is 2.11. The second-order valence-corrected chi connectivity index (χ2v) is 5.33. The molecule has 0 bridgehead atoms. The van der Waals surface area contributed by atoms with Gasteiger partial charge in [-0.2, -0.15) is 0 Å². The highest BCUT2D eigenvalue weighted by Crippen LogP contribution is 2.14. The molecular weight excluding hydrogens is 144 g/mol. The zero-order valence-corrected chi connectivity index (χ0v) is 7.49. The van der Waals surface area contributed by atoms with Gasteiger partial charge in [0.05, 0.1) is 6.10 Å². The summed E-state index contributed by atoms with van der Waals surface area (Å²) in [7, 11) is 0.593. The molecule has 2 heteroatoms. The van der Waals surface area contributed by atoms with Gasteiger partial charge in [0.2, 0.25) is 0 Å². The van der Waals surface area contributed by atoms with Crippen LogP contribution >= 0.6 is 0 Å². The Morgan fingerprint density at radius 2 is 2.00 bits per heavy atom. The molecular formula is C8H17OS+. The van der Waals surface area contributed by atoms with E-state index in [1.54, 1.807) is 0 Å². The van der Waals surface area contributed by atoms with Crippen LogP contribution in [0.25, 0.3) is 0 Å². The molecule has 1 unspecified atom stereocenters. The maximum absolute atomic E-state index is 9.33.